The minimum atomic E-state index is -0.788. The third-order valence-corrected chi connectivity index (χ3v) is 5.42. The molecule has 4 nitrogen and oxygen atoms in total. The number of hydrogen-bond donors (Lipinski definition) is 0. The number of esters is 2. The molecule has 2 aliphatic heterocycles. The fourth-order valence-electron chi connectivity index (χ4n) is 3.60. The topological polar surface area (TPSA) is 52.6 Å². The van der Waals surface area contributed by atoms with Crippen LogP contribution in [0, 0.1) is 5.92 Å². The maximum atomic E-state index is 12.7. The molecule has 0 saturated carbocycles. The Kier molecular flexibility index (Phi) is 6.85. The predicted molar refractivity (Wildman–Crippen MR) is 103 cm³/mol. The van der Waals surface area contributed by atoms with Crippen molar-refractivity contribution in [1.29, 1.82) is 0 Å². The molecule has 2 aliphatic rings. The first-order valence-electron chi connectivity index (χ1n) is 9.67. The van der Waals surface area contributed by atoms with Crippen molar-refractivity contribution in [3.05, 3.63) is 34.9 Å². The Morgan fingerprint density at radius 1 is 1.27 bits per heavy atom. The van der Waals surface area contributed by atoms with Crippen LogP contribution in [-0.4, -0.2) is 23.6 Å². The van der Waals surface area contributed by atoms with Gasteiger partial charge in [0.2, 0.25) is 0 Å². The van der Waals surface area contributed by atoms with Gasteiger partial charge in [0, 0.05) is 12.5 Å². The van der Waals surface area contributed by atoms with E-state index in [9.17, 15) is 9.59 Å². The maximum Gasteiger partial charge on any atom is 0.334 e. The fourth-order valence-corrected chi connectivity index (χ4v) is 3.60. The molecule has 2 rings (SSSR count). The highest BCUT2D eigenvalue weighted by molar-refractivity contribution is 5.89. The van der Waals surface area contributed by atoms with Crippen LogP contribution in [0.25, 0.3) is 0 Å². The van der Waals surface area contributed by atoms with Crippen molar-refractivity contribution in [2.75, 3.05) is 0 Å². The van der Waals surface area contributed by atoms with Crippen molar-refractivity contribution in [1.82, 2.24) is 0 Å². The van der Waals surface area contributed by atoms with Crippen LogP contribution in [-0.2, 0) is 19.1 Å². The lowest BCUT2D eigenvalue weighted by molar-refractivity contribution is -0.181. The van der Waals surface area contributed by atoms with Crippen molar-refractivity contribution in [2.24, 2.45) is 5.92 Å². The van der Waals surface area contributed by atoms with E-state index >= 15 is 0 Å². The lowest BCUT2D eigenvalue weighted by Gasteiger charge is -2.35. The van der Waals surface area contributed by atoms with Crippen molar-refractivity contribution in [2.45, 2.75) is 84.8 Å². The van der Waals surface area contributed by atoms with E-state index in [0.29, 0.717) is 25.2 Å². The highest BCUT2D eigenvalue weighted by Crippen LogP contribution is 2.34. The van der Waals surface area contributed by atoms with Gasteiger partial charge in [0.1, 0.15) is 11.7 Å². The maximum absolute atomic E-state index is 12.7. The van der Waals surface area contributed by atoms with Crippen molar-refractivity contribution >= 4 is 11.9 Å². The van der Waals surface area contributed by atoms with Crippen LogP contribution in [0.5, 0.6) is 0 Å². The largest absolute Gasteiger partial charge is 0.458 e. The van der Waals surface area contributed by atoms with Gasteiger partial charge in [0.15, 0.2) is 0 Å². The number of carbonyl (C=O) groups excluding carboxylic acids is 2. The van der Waals surface area contributed by atoms with Gasteiger partial charge in [-0.25, -0.2) is 4.79 Å². The average Bonchev–Trinajstić information content (AvgIpc) is 2.68. The van der Waals surface area contributed by atoms with Crippen LogP contribution in [0.15, 0.2) is 34.9 Å². The molecule has 0 aromatic heterocycles. The van der Waals surface area contributed by atoms with Gasteiger partial charge in [-0.2, -0.15) is 0 Å². The Morgan fingerprint density at radius 2 is 2.00 bits per heavy atom. The molecule has 0 spiro atoms. The number of allylic oxidation sites excluding steroid dienone is 5. The standard InChI is InChI=1S/C22H32O4/c1-15(2)18-10-8-16(3)9-13-20(25-17(4)23)22(5)14-6-7-19(12-11-18)21(24)26-22/h7-8,10,15,20H,6,9,11-14H2,1-5H3. The number of hydrogen-bond acceptors (Lipinski definition) is 4. The first kappa shape index (κ1) is 20.5. The molecular formula is C22H32O4. The molecule has 0 aromatic rings. The molecule has 2 atom stereocenters. The van der Waals surface area contributed by atoms with E-state index in [2.05, 4.69) is 32.9 Å². The van der Waals surface area contributed by atoms with Crippen LogP contribution in [0.1, 0.15) is 73.1 Å². The lowest BCUT2D eigenvalue weighted by Crippen LogP contribution is -2.45. The summed E-state index contributed by atoms with van der Waals surface area (Å²) in [5.74, 6) is -0.169. The van der Waals surface area contributed by atoms with Gasteiger partial charge in [-0.3, -0.25) is 4.79 Å². The van der Waals surface area contributed by atoms with Gasteiger partial charge >= 0.3 is 11.9 Å². The molecule has 0 amide bonds. The van der Waals surface area contributed by atoms with Crippen LogP contribution < -0.4 is 0 Å². The number of carbonyl (C=O) groups is 2. The zero-order valence-electron chi connectivity index (χ0n) is 16.8. The summed E-state index contributed by atoms with van der Waals surface area (Å²) < 4.78 is 11.5. The zero-order chi connectivity index (χ0) is 19.3. The van der Waals surface area contributed by atoms with Gasteiger partial charge in [0.05, 0.1) is 0 Å². The number of rotatable bonds is 2. The molecule has 0 saturated heterocycles. The summed E-state index contributed by atoms with van der Waals surface area (Å²) in [5.41, 5.74) is 2.52. The van der Waals surface area contributed by atoms with Gasteiger partial charge in [0.25, 0.3) is 0 Å². The SMILES string of the molecule is CC(=O)OC1CCC(C)=CC=C(C(C)C)CCC2=CCCC1(C)OC2=O. The van der Waals surface area contributed by atoms with Crippen molar-refractivity contribution in [3.63, 3.8) is 0 Å². The smallest absolute Gasteiger partial charge is 0.334 e. The van der Waals surface area contributed by atoms with Gasteiger partial charge in [-0.15, -0.1) is 0 Å². The van der Waals surface area contributed by atoms with Gasteiger partial charge < -0.3 is 9.47 Å². The number of fused-ring (bicyclic) bond motifs is 3. The third kappa shape index (κ3) is 5.33. The van der Waals surface area contributed by atoms with Crippen LogP contribution in [0.4, 0.5) is 0 Å². The second-order valence-electron chi connectivity index (χ2n) is 8.02. The van der Waals surface area contributed by atoms with E-state index in [4.69, 9.17) is 9.47 Å². The van der Waals surface area contributed by atoms with Crippen LogP contribution in [0.2, 0.25) is 0 Å². The second kappa shape index (κ2) is 8.70. The molecule has 2 heterocycles. The summed E-state index contributed by atoms with van der Waals surface area (Å²) in [6, 6.07) is 0. The molecule has 0 radical (unpaired) electrons. The summed E-state index contributed by atoms with van der Waals surface area (Å²) in [4.78, 5) is 24.3. The normalized spacial score (nSPS) is 27.8. The minimum absolute atomic E-state index is 0.269. The molecule has 2 bridgehead atoms. The zero-order valence-corrected chi connectivity index (χ0v) is 16.8. The molecule has 0 aromatic carbocycles. The Bertz CT molecular complexity index is 639. The fraction of sp³-hybridized carbons (Fsp3) is 0.636. The number of ether oxygens (including phenoxy) is 2. The summed E-state index contributed by atoms with van der Waals surface area (Å²) in [6.07, 6.45) is 10.3. The van der Waals surface area contributed by atoms with Crippen molar-refractivity contribution in [3.8, 4) is 0 Å². The van der Waals surface area contributed by atoms with E-state index in [0.717, 1.165) is 24.8 Å². The van der Waals surface area contributed by atoms with Gasteiger partial charge in [-0.1, -0.05) is 43.2 Å². The lowest BCUT2D eigenvalue weighted by atomic mass is 9.88. The monoisotopic (exact) mass is 360 g/mol. The molecule has 0 aliphatic carbocycles. The quantitative estimate of drug-likeness (QED) is 0.647. The molecule has 0 N–H and O–H groups in total. The van der Waals surface area contributed by atoms with Crippen LogP contribution in [0.3, 0.4) is 0 Å². The first-order valence-corrected chi connectivity index (χ1v) is 9.67. The molecule has 2 unspecified atom stereocenters. The summed E-state index contributed by atoms with van der Waals surface area (Å²) in [7, 11) is 0. The van der Waals surface area contributed by atoms with E-state index in [-0.39, 0.29) is 11.9 Å². The van der Waals surface area contributed by atoms with Crippen molar-refractivity contribution < 1.29 is 19.1 Å². The van der Waals surface area contributed by atoms with E-state index in [1.54, 1.807) is 0 Å². The van der Waals surface area contributed by atoms with E-state index < -0.39 is 11.7 Å². The van der Waals surface area contributed by atoms with E-state index in [1.807, 2.05) is 13.0 Å². The molecule has 4 heteroatoms. The Labute approximate surface area is 157 Å². The molecule has 26 heavy (non-hydrogen) atoms. The minimum Gasteiger partial charge on any atom is -0.458 e. The van der Waals surface area contributed by atoms with Gasteiger partial charge in [-0.05, 0) is 58.3 Å². The third-order valence-electron chi connectivity index (χ3n) is 5.42. The highest BCUT2D eigenvalue weighted by atomic mass is 16.6. The average molecular weight is 360 g/mol. The summed E-state index contributed by atoms with van der Waals surface area (Å²) >= 11 is 0. The van der Waals surface area contributed by atoms with E-state index in [1.165, 1.54) is 18.1 Å². The highest BCUT2D eigenvalue weighted by Gasteiger charge is 2.41. The summed E-state index contributed by atoms with van der Waals surface area (Å²) in [6.45, 7) is 9.76. The predicted octanol–water partition coefficient (Wildman–Crippen LogP) is 5.04. The van der Waals surface area contributed by atoms with Crippen LogP contribution >= 0.6 is 0 Å². The Hall–Kier alpha value is -1.84. The summed E-state index contributed by atoms with van der Waals surface area (Å²) in [5, 5.41) is 0. The first-order chi connectivity index (χ1) is 12.2. The second-order valence-corrected chi connectivity index (χ2v) is 8.02. The molecular weight excluding hydrogens is 328 g/mol. The Balaban J connectivity index is 2.38. The molecule has 144 valence electrons. The Morgan fingerprint density at radius 3 is 2.65 bits per heavy atom. The molecule has 0 fully saturated rings.